The molecule has 3 aromatic rings. The van der Waals surface area contributed by atoms with Crippen LogP contribution in [0.4, 0.5) is 8.78 Å². The van der Waals surface area contributed by atoms with Crippen LogP contribution in [0.5, 0.6) is 0 Å². The summed E-state index contributed by atoms with van der Waals surface area (Å²) in [6, 6.07) is 10.9. The van der Waals surface area contributed by atoms with Gasteiger partial charge < -0.3 is 0 Å². The van der Waals surface area contributed by atoms with E-state index in [1.807, 2.05) is 18.2 Å². The first kappa shape index (κ1) is 16.3. The minimum absolute atomic E-state index is 0.389. The smallest absolute Gasteiger partial charge is 0.265 e. The van der Waals surface area contributed by atoms with Gasteiger partial charge in [-0.3, -0.25) is 9.67 Å². The molecule has 2 aromatic heterocycles. The van der Waals surface area contributed by atoms with Crippen LogP contribution in [0.25, 0.3) is 11.3 Å². The van der Waals surface area contributed by atoms with Gasteiger partial charge in [-0.1, -0.05) is 12.1 Å². The summed E-state index contributed by atoms with van der Waals surface area (Å²) in [6.07, 6.45) is 5.01. The van der Waals surface area contributed by atoms with Gasteiger partial charge in [0.2, 0.25) is 9.84 Å². The molecule has 2 heterocycles. The predicted molar refractivity (Wildman–Crippen MR) is 84.2 cm³/mol. The topological polar surface area (TPSA) is 64.8 Å². The maximum Gasteiger partial charge on any atom is 0.341 e. The van der Waals surface area contributed by atoms with Gasteiger partial charge in [0.15, 0.2) is 0 Å². The second-order valence-corrected chi connectivity index (χ2v) is 6.98. The van der Waals surface area contributed by atoms with Crippen molar-refractivity contribution in [3.63, 3.8) is 0 Å². The van der Waals surface area contributed by atoms with Gasteiger partial charge >= 0.3 is 5.76 Å². The summed E-state index contributed by atoms with van der Waals surface area (Å²) >= 11 is 0. The zero-order valence-electron chi connectivity index (χ0n) is 12.4. The first-order valence-corrected chi connectivity index (χ1v) is 8.56. The Hall–Kier alpha value is -2.61. The van der Waals surface area contributed by atoms with Gasteiger partial charge in [-0.2, -0.15) is 13.9 Å². The van der Waals surface area contributed by atoms with E-state index in [2.05, 4.69) is 10.1 Å². The lowest BCUT2D eigenvalue weighted by Crippen LogP contribution is -2.11. The van der Waals surface area contributed by atoms with Crippen LogP contribution in [0.2, 0.25) is 0 Å². The number of hydrogen-bond acceptors (Lipinski definition) is 4. The van der Waals surface area contributed by atoms with Crippen molar-refractivity contribution in [1.82, 2.24) is 14.8 Å². The number of sulfone groups is 1. The Morgan fingerprint density at radius 2 is 1.62 bits per heavy atom. The second-order valence-electron chi connectivity index (χ2n) is 5.06. The fourth-order valence-corrected chi connectivity index (χ4v) is 3.01. The third-order valence-corrected chi connectivity index (χ3v) is 4.91. The maximum absolute atomic E-state index is 12.5. The lowest BCUT2D eigenvalue weighted by Gasteiger charge is -2.09. The summed E-state index contributed by atoms with van der Waals surface area (Å²) in [5.74, 6) is -3.42. The molecular formula is C16H13F2N3O2S. The Labute approximate surface area is 137 Å². The molecule has 0 amide bonds. The van der Waals surface area contributed by atoms with Crippen molar-refractivity contribution in [1.29, 1.82) is 0 Å². The molecule has 124 valence electrons. The highest BCUT2D eigenvalue weighted by Gasteiger charge is 2.26. The molecular weight excluding hydrogens is 336 g/mol. The van der Waals surface area contributed by atoms with Crippen LogP contribution in [0, 0.1) is 0 Å². The summed E-state index contributed by atoms with van der Waals surface area (Å²) < 4.78 is 49.7. The molecule has 0 aliphatic rings. The van der Waals surface area contributed by atoms with E-state index < -0.39 is 20.5 Å². The molecule has 0 saturated heterocycles. The second kappa shape index (κ2) is 6.48. The van der Waals surface area contributed by atoms with Crippen molar-refractivity contribution in [2.24, 2.45) is 0 Å². The molecule has 5 nitrogen and oxygen atoms in total. The van der Waals surface area contributed by atoms with Crippen LogP contribution in [0.15, 0.2) is 66.0 Å². The average molecular weight is 349 g/mol. The van der Waals surface area contributed by atoms with Crippen LogP contribution in [-0.4, -0.2) is 28.9 Å². The zero-order valence-corrected chi connectivity index (χ0v) is 13.2. The Morgan fingerprint density at radius 3 is 2.25 bits per heavy atom. The summed E-state index contributed by atoms with van der Waals surface area (Å²) in [6.45, 7) is 0.389. The third-order valence-electron chi connectivity index (χ3n) is 3.51. The molecule has 0 aliphatic carbocycles. The van der Waals surface area contributed by atoms with Gasteiger partial charge in [-0.15, -0.1) is 0 Å². The lowest BCUT2D eigenvalue weighted by atomic mass is 10.2. The maximum atomic E-state index is 12.5. The third kappa shape index (κ3) is 3.18. The van der Waals surface area contributed by atoms with Gasteiger partial charge in [0.25, 0.3) is 0 Å². The fourth-order valence-electron chi connectivity index (χ4n) is 2.29. The number of halogens is 2. The van der Waals surface area contributed by atoms with Crippen molar-refractivity contribution < 1.29 is 17.2 Å². The first-order chi connectivity index (χ1) is 11.5. The standard InChI is InChI=1S/C16H13F2N3O2S/c17-16(18)24(22,23)14-3-1-12(2-4-14)11-21-15(7-10-20-21)13-5-8-19-9-6-13/h1-10,16H,11H2. The highest BCUT2D eigenvalue weighted by atomic mass is 32.2. The number of rotatable bonds is 5. The quantitative estimate of drug-likeness (QED) is 0.710. The van der Waals surface area contributed by atoms with Crippen LogP contribution in [-0.2, 0) is 16.4 Å². The molecule has 0 radical (unpaired) electrons. The van der Waals surface area contributed by atoms with E-state index in [0.29, 0.717) is 6.54 Å². The normalized spacial score (nSPS) is 11.8. The van der Waals surface area contributed by atoms with E-state index in [1.54, 1.807) is 23.3 Å². The number of hydrogen-bond donors (Lipinski definition) is 0. The van der Waals surface area contributed by atoms with E-state index in [4.69, 9.17) is 0 Å². The lowest BCUT2D eigenvalue weighted by molar-refractivity contribution is 0.234. The summed E-state index contributed by atoms with van der Waals surface area (Å²) in [7, 11) is -4.57. The van der Waals surface area contributed by atoms with Crippen molar-refractivity contribution in [3.05, 3.63) is 66.6 Å². The summed E-state index contributed by atoms with van der Waals surface area (Å²) in [5, 5.41) is 4.25. The van der Waals surface area contributed by atoms with Gasteiger partial charge in [0.1, 0.15) is 0 Å². The van der Waals surface area contributed by atoms with Gasteiger partial charge in [0, 0.05) is 24.2 Å². The largest absolute Gasteiger partial charge is 0.341 e. The van der Waals surface area contributed by atoms with Crippen LogP contribution >= 0.6 is 0 Å². The van der Waals surface area contributed by atoms with Crippen LogP contribution in [0.1, 0.15) is 5.56 Å². The number of aromatic nitrogens is 3. The number of nitrogens with zero attached hydrogens (tertiary/aromatic N) is 3. The van der Waals surface area contributed by atoms with Gasteiger partial charge in [-0.05, 0) is 35.9 Å². The molecule has 1 aromatic carbocycles. The molecule has 24 heavy (non-hydrogen) atoms. The molecule has 0 unspecified atom stereocenters. The average Bonchev–Trinajstić information content (AvgIpc) is 3.04. The Morgan fingerprint density at radius 1 is 0.958 bits per heavy atom. The van der Waals surface area contributed by atoms with Crippen LogP contribution < -0.4 is 0 Å². The number of pyridine rings is 1. The molecule has 0 N–H and O–H groups in total. The van der Waals surface area contributed by atoms with Crippen molar-refractivity contribution in [3.8, 4) is 11.3 Å². The molecule has 0 aliphatic heterocycles. The van der Waals surface area contributed by atoms with Crippen LogP contribution in [0.3, 0.4) is 0 Å². The SMILES string of the molecule is O=S(=O)(c1ccc(Cn2nccc2-c2ccncc2)cc1)C(F)F. The summed E-state index contributed by atoms with van der Waals surface area (Å²) in [5.41, 5.74) is 2.57. The highest BCUT2D eigenvalue weighted by molar-refractivity contribution is 7.91. The van der Waals surface area contributed by atoms with E-state index in [0.717, 1.165) is 16.8 Å². The fraction of sp³-hybridized carbons (Fsp3) is 0.125. The molecule has 0 spiro atoms. The van der Waals surface area contributed by atoms with Gasteiger partial charge in [0.05, 0.1) is 17.1 Å². The molecule has 3 rings (SSSR count). The summed E-state index contributed by atoms with van der Waals surface area (Å²) in [4.78, 5) is 3.58. The van der Waals surface area contributed by atoms with E-state index >= 15 is 0 Å². The molecule has 8 heteroatoms. The number of benzene rings is 1. The van der Waals surface area contributed by atoms with Gasteiger partial charge in [-0.25, -0.2) is 8.42 Å². The van der Waals surface area contributed by atoms with E-state index in [-0.39, 0.29) is 0 Å². The Bertz CT molecular complexity index is 923. The highest BCUT2D eigenvalue weighted by Crippen LogP contribution is 2.21. The zero-order chi connectivity index (χ0) is 17.2. The first-order valence-electron chi connectivity index (χ1n) is 7.01. The Kier molecular flexibility index (Phi) is 4.39. The predicted octanol–water partition coefficient (Wildman–Crippen LogP) is 2.99. The van der Waals surface area contributed by atoms with Crippen molar-refractivity contribution >= 4 is 9.84 Å². The molecule has 0 saturated carbocycles. The minimum Gasteiger partial charge on any atom is -0.265 e. The molecule has 0 bridgehead atoms. The van der Waals surface area contributed by atoms with Crippen molar-refractivity contribution in [2.45, 2.75) is 17.2 Å². The van der Waals surface area contributed by atoms with Crippen molar-refractivity contribution in [2.75, 3.05) is 0 Å². The van der Waals surface area contributed by atoms with E-state index in [1.165, 1.54) is 24.3 Å². The van der Waals surface area contributed by atoms with E-state index in [9.17, 15) is 17.2 Å². The molecule has 0 atom stereocenters. The Balaban J connectivity index is 1.85. The monoisotopic (exact) mass is 349 g/mol. The molecule has 0 fully saturated rings. The number of alkyl halides is 2. The minimum atomic E-state index is -4.57.